The van der Waals surface area contributed by atoms with Crippen LogP contribution in [0.15, 0.2) is 54.6 Å². The zero-order valence-electron chi connectivity index (χ0n) is 15.7. The molecule has 2 rings (SSSR count). The van der Waals surface area contributed by atoms with E-state index in [0.717, 1.165) is 5.56 Å². The van der Waals surface area contributed by atoms with Crippen molar-refractivity contribution in [2.24, 2.45) is 5.92 Å². The molecule has 0 heterocycles. The third kappa shape index (κ3) is 6.62. The van der Waals surface area contributed by atoms with Crippen LogP contribution in [-0.2, 0) is 11.3 Å². The van der Waals surface area contributed by atoms with Gasteiger partial charge in [-0.1, -0.05) is 44.2 Å². The summed E-state index contributed by atoms with van der Waals surface area (Å²) >= 11 is 5.14. The molecule has 0 aliphatic heterocycles. The number of benzene rings is 2. The molecule has 6 nitrogen and oxygen atoms in total. The van der Waals surface area contributed by atoms with Crippen LogP contribution >= 0.6 is 12.2 Å². The van der Waals surface area contributed by atoms with E-state index in [1.165, 1.54) is 24.3 Å². The number of nitrogens with one attached hydrogen (secondary N) is 4. The predicted molar refractivity (Wildman–Crippen MR) is 110 cm³/mol. The zero-order valence-corrected chi connectivity index (χ0v) is 16.5. The monoisotopic (exact) mass is 402 g/mol. The van der Waals surface area contributed by atoms with Crippen molar-refractivity contribution in [2.45, 2.75) is 26.4 Å². The van der Waals surface area contributed by atoms with E-state index in [9.17, 15) is 14.0 Å². The molecule has 2 aromatic rings. The van der Waals surface area contributed by atoms with Gasteiger partial charge in [-0.15, -0.1) is 0 Å². The maximum atomic E-state index is 13.0. The molecule has 0 saturated heterocycles. The van der Waals surface area contributed by atoms with Crippen LogP contribution in [0.2, 0.25) is 0 Å². The number of carbonyl (C=O) groups is 2. The van der Waals surface area contributed by atoms with Crippen LogP contribution in [0.25, 0.3) is 0 Å². The summed E-state index contributed by atoms with van der Waals surface area (Å²) in [6.45, 7) is 4.12. The first-order valence-electron chi connectivity index (χ1n) is 8.81. The van der Waals surface area contributed by atoms with E-state index in [2.05, 4.69) is 21.5 Å². The maximum absolute atomic E-state index is 13.0. The molecule has 0 radical (unpaired) electrons. The van der Waals surface area contributed by atoms with Crippen molar-refractivity contribution in [1.29, 1.82) is 0 Å². The second kappa shape index (κ2) is 10.4. The van der Waals surface area contributed by atoms with Gasteiger partial charge in [-0.2, -0.15) is 0 Å². The van der Waals surface area contributed by atoms with Crippen LogP contribution in [0.4, 0.5) is 4.39 Å². The molecule has 4 N–H and O–H groups in total. The molecule has 2 aromatic carbocycles. The van der Waals surface area contributed by atoms with Crippen molar-refractivity contribution in [1.82, 2.24) is 21.5 Å². The maximum Gasteiger partial charge on any atom is 0.261 e. The average molecular weight is 402 g/mol. The Kier molecular flexibility index (Phi) is 7.88. The molecule has 148 valence electrons. The highest BCUT2D eigenvalue weighted by molar-refractivity contribution is 7.80. The van der Waals surface area contributed by atoms with Crippen molar-refractivity contribution < 1.29 is 14.0 Å². The molecule has 1 atom stereocenters. The Morgan fingerprint density at radius 2 is 1.64 bits per heavy atom. The molecule has 0 bridgehead atoms. The molecule has 0 spiro atoms. The van der Waals surface area contributed by atoms with Gasteiger partial charge in [0, 0.05) is 12.1 Å². The Hall–Kier alpha value is -3.00. The van der Waals surface area contributed by atoms with E-state index in [-0.39, 0.29) is 16.6 Å². The summed E-state index contributed by atoms with van der Waals surface area (Å²) < 4.78 is 13.0. The molecule has 0 aliphatic rings. The molecule has 0 fully saturated rings. The van der Waals surface area contributed by atoms with Gasteiger partial charge < -0.3 is 10.6 Å². The van der Waals surface area contributed by atoms with Gasteiger partial charge in [-0.25, -0.2) is 4.39 Å². The lowest BCUT2D eigenvalue weighted by molar-refractivity contribution is -0.124. The normalized spacial score (nSPS) is 11.4. The minimum absolute atomic E-state index is 0.169. The highest BCUT2D eigenvalue weighted by Gasteiger charge is 2.24. The summed E-state index contributed by atoms with van der Waals surface area (Å²) in [5.74, 6) is -1.50. The van der Waals surface area contributed by atoms with Gasteiger partial charge in [0.05, 0.1) is 0 Å². The Morgan fingerprint density at radius 1 is 1.00 bits per heavy atom. The number of rotatable bonds is 6. The van der Waals surface area contributed by atoms with Crippen LogP contribution < -0.4 is 21.5 Å². The third-order valence-electron chi connectivity index (χ3n) is 3.94. The first kappa shape index (κ1) is 21.3. The highest BCUT2D eigenvalue weighted by Crippen LogP contribution is 2.06. The van der Waals surface area contributed by atoms with Crippen molar-refractivity contribution in [3.63, 3.8) is 0 Å². The van der Waals surface area contributed by atoms with Crippen LogP contribution in [0, 0.1) is 11.7 Å². The minimum atomic E-state index is -0.790. The van der Waals surface area contributed by atoms with Gasteiger partial charge in [-0.05, 0) is 48.0 Å². The number of amides is 2. The minimum Gasteiger partial charge on any atom is -0.357 e. The van der Waals surface area contributed by atoms with Crippen molar-refractivity contribution in [3.8, 4) is 0 Å². The first-order valence-corrected chi connectivity index (χ1v) is 9.21. The molecular weight excluding hydrogens is 379 g/mol. The van der Waals surface area contributed by atoms with Gasteiger partial charge in [0.2, 0.25) is 0 Å². The standard InChI is InChI=1S/C20H23FN4O2S/c1-13(2)17(23-18(26)15-8-10-16(21)11-9-15)19(27)24-25-20(28)22-12-14-6-4-3-5-7-14/h3-11,13,17H,12H2,1-2H3,(H,23,26)(H,24,27)(H2,22,25,28). The molecule has 1 unspecified atom stereocenters. The highest BCUT2D eigenvalue weighted by atomic mass is 32.1. The lowest BCUT2D eigenvalue weighted by Gasteiger charge is -2.22. The predicted octanol–water partition coefficient (Wildman–Crippen LogP) is 2.28. The Labute approximate surface area is 168 Å². The Bertz CT molecular complexity index is 813. The topological polar surface area (TPSA) is 82.3 Å². The fourth-order valence-electron chi connectivity index (χ4n) is 2.38. The van der Waals surface area contributed by atoms with Crippen molar-refractivity contribution in [2.75, 3.05) is 0 Å². The fraction of sp³-hybridized carbons (Fsp3) is 0.250. The summed E-state index contributed by atoms with van der Waals surface area (Å²) in [6.07, 6.45) is 0. The summed E-state index contributed by atoms with van der Waals surface area (Å²) in [5.41, 5.74) is 6.44. The largest absolute Gasteiger partial charge is 0.357 e. The van der Waals surface area contributed by atoms with E-state index >= 15 is 0 Å². The molecule has 28 heavy (non-hydrogen) atoms. The molecule has 0 aromatic heterocycles. The van der Waals surface area contributed by atoms with E-state index in [0.29, 0.717) is 6.54 Å². The van der Waals surface area contributed by atoms with Gasteiger partial charge in [-0.3, -0.25) is 20.4 Å². The number of halogens is 1. The summed E-state index contributed by atoms with van der Waals surface area (Å²) in [5, 5.41) is 5.89. The van der Waals surface area contributed by atoms with Crippen LogP contribution in [0.5, 0.6) is 0 Å². The summed E-state index contributed by atoms with van der Waals surface area (Å²) in [4.78, 5) is 24.7. The van der Waals surface area contributed by atoms with Gasteiger partial charge >= 0.3 is 0 Å². The number of carbonyl (C=O) groups excluding carboxylic acids is 2. The number of hydrazine groups is 1. The average Bonchev–Trinajstić information content (AvgIpc) is 2.69. The number of hydrogen-bond donors (Lipinski definition) is 4. The molecular formula is C20H23FN4O2S. The van der Waals surface area contributed by atoms with Gasteiger partial charge in [0.1, 0.15) is 11.9 Å². The quantitative estimate of drug-likeness (QED) is 0.440. The van der Waals surface area contributed by atoms with Crippen LogP contribution in [0.3, 0.4) is 0 Å². The first-order chi connectivity index (χ1) is 13.4. The SMILES string of the molecule is CC(C)C(NC(=O)c1ccc(F)cc1)C(=O)NNC(=S)NCc1ccccc1. The van der Waals surface area contributed by atoms with E-state index in [1.807, 2.05) is 30.3 Å². The second-order valence-electron chi connectivity index (χ2n) is 6.48. The summed E-state index contributed by atoms with van der Waals surface area (Å²) in [7, 11) is 0. The lowest BCUT2D eigenvalue weighted by atomic mass is 10.0. The summed E-state index contributed by atoms with van der Waals surface area (Å²) in [6, 6.07) is 14.0. The van der Waals surface area contributed by atoms with Crippen molar-refractivity contribution in [3.05, 3.63) is 71.5 Å². The number of hydrogen-bond acceptors (Lipinski definition) is 3. The van der Waals surface area contributed by atoms with Gasteiger partial charge in [0.25, 0.3) is 11.8 Å². The van der Waals surface area contributed by atoms with E-state index < -0.39 is 23.7 Å². The van der Waals surface area contributed by atoms with Gasteiger partial charge in [0.15, 0.2) is 5.11 Å². The van der Waals surface area contributed by atoms with Crippen molar-refractivity contribution >= 4 is 29.1 Å². The molecule has 8 heteroatoms. The van der Waals surface area contributed by atoms with Crippen LogP contribution in [0.1, 0.15) is 29.8 Å². The Balaban J connectivity index is 1.85. The smallest absolute Gasteiger partial charge is 0.261 e. The zero-order chi connectivity index (χ0) is 20.5. The fourth-order valence-corrected chi connectivity index (χ4v) is 2.50. The molecule has 2 amide bonds. The van der Waals surface area contributed by atoms with E-state index in [4.69, 9.17) is 12.2 Å². The Morgan fingerprint density at radius 3 is 2.25 bits per heavy atom. The second-order valence-corrected chi connectivity index (χ2v) is 6.89. The number of thiocarbonyl (C=S) groups is 1. The van der Waals surface area contributed by atoms with E-state index in [1.54, 1.807) is 13.8 Å². The van der Waals surface area contributed by atoms with Crippen LogP contribution in [-0.4, -0.2) is 23.0 Å². The third-order valence-corrected chi connectivity index (χ3v) is 4.18. The molecule has 0 aliphatic carbocycles. The molecule has 0 saturated carbocycles. The lowest BCUT2D eigenvalue weighted by Crippen LogP contribution is -2.55.